The summed E-state index contributed by atoms with van der Waals surface area (Å²) in [6.07, 6.45) is 1.38. The smallest absolute Gasteiger partial charge is 0.266 e. The molecule has 25 heavy (non-hydrogen) atoms. The fourth-order valence-corrected chi connectivity index (χ4v) is 2.98. The minimum atomic E-state index is -0.747. The molecule has 128 valence electrons. The van der Waals surface area contributed by atoms with E-state index < -0.39 is 16.4 Å². The van der Waals surface area contributed by atoms with Crippen molar-refractivity contribution >= 4 is 38.6 Å². The highest BCUT2D eigenvalue weighted by Crippen LogP contribution is 2.34. The zero-order valence-corrected chi connectivity index (χ0v) is 13.9. The molecule has 0 aliphatic rings. The van der Waals surface area contributed by atoms with Gasteiger partial charge in [-0.25, -0.2) is 4.98 Å². The number of nitrogens with zero attached hydrogens (tertiary/aromatic N) is 3. The summed E-state index contributed by atoms with van der Waals surface area (Å²) in [5.74, 6) is -0.818. The van der Waals surface area contributed by atoms with Crippen molar-refractivity contribution in [1.29, 1.82) is 0 Å². The summed E-state index contributed by atoms with van der Waals surface area (Å²) < 4.78 is 6.18. The van der Waals surface area contributed by atoms with Gasteiger partial charge in [-0.15, -0.1) is 0 Å². The number of thiazole rings is 1. The highest BCUT2D eigenvalue weighted by molar-refractivity contribution is 7.22. The lowest BCUT2D eigenvalue weighted by Crippen LogP contribution is -2.04. The maximum absolute atomic E-state index is 11.9. The molecule has 3 aromatic rings. The standard InChI is InChI=1S/C16H14N4O4S/c1-2-24-13-8-10(7-12(15(13)21)20(22)23)9-17-19-16-18-11-5-3-4-6-14(11)25-16/h3-9,21H,2H2,1H3,(H,18,19)/p-1/b17-9-. The van der Waals surface area contributed by atoms with Gasteiger partial charge in [0, 0.05) is 17.4 Å². The second-order valence-corrected chi connectivity index (χ2v) is 5.94. The number of nitro benzene ring substituents is 1. The van der Waals surface area contributed by atoms with Gasteiger partial charge in [0.05, 0.1) is 28.0 Å². The zero-order chi connectivity index (χ0) is 17.8. The minimum absolute atomic E-state index is 0.0712. The number of hydrazone groups is 1. The third-order valence-corrected chi connectivity index (χ3v) is 4.16. The average Bonchev–Trinajstić information content (AvgIpc) is 3.00. The maximum atomic E-state index is 11.9. The third kappa shape index (κ3) is 3.66. The normalized spacial score (nSPS) is 11.1. The molecule has 0 radical (unpaired) electrons. The van der Waals surface area contributed by atoms with E-state index in [1.54, 1.807) is 6.92 Å². The zero-order valence-electron chi connectivity index (χ0n) is 13.1. The molecule has 0 amide bonds. The second-order valence-electron chi connectivity index (χ2n) is 4.91. The van der Waals surface area contributed by atoms with Crippen LogP contribution in [0.25, 0.3) is 10.2 Å². The number of hydrogen-bond acceptors (Lipinski definition) is 8. The number of anilines is 1. The molecule has 1 heterocycles. The summed E-state index contributed by atoms with van der Waals surface area (Å²) >= 11 is 1.44. The van der Waals surface area contributed by atoms with Crippen LogP contribution in [-0.4, -0.2) is 22.7 Å². The van der Waals surface area contributed by atoms with Gasteiger partial charge in [-0.3, -0.25) is 15.5 Å². The van der Waals surface area contributed by atoms with E-state index in [2.05, 4.69) is 15.5 Å². The van der Waals surface area contributed by atoms with Crippen molar-refractivity contribution in [3.63, 3.8) is 0 Å². The van der Waals surface area contributed by atoms with E-state index >= 15 is 0 Å². The summed E-state index contributed by atoms with van der Waals surface area (Å²) in [5.41, 5.74) is 3.47. The number of nitrogens with one attached hydrogen (secondary N) is 1. The quantitative estimate of drug-likeness (QED) is 0.412. The molecule has 0 fully saturated rings. The van der Waals surface area contributed by atoms with E-state index in [0.29, 0.717) is 10.7 Å². The molecule has 0 aliphatic heterocycles. The fraction of sp³-hybridized carbons (Fsp3) is 0.125. The lowest BCUT2D eigenvalue weighted by atomic mass is 10.2. The van der Waals surface area contributed by atoms with E-state index in [1.165, 1.54) is 23.6 Å². The fourth-order valence-electron chi connectivity index (χ4n) is 2.16. The monoisotopic (exact) mass is 357 g/mol. The molecule has 9 heteroatoms. The van der Waals surface area contributed by atoms with Crippen LogP contribution in [0.4, 0.5) is 10.8 Å². The van der Waals surface area contributed by atoms with Crippen LogP contribution in [0.3, 0.4) is 0 Å². The van der Waals surface area contributed by atoms with Gasteiger partial charge in [0.25, 0.3) is 5.69 Å². The number of ether oxygens (including phenoxy) is 1. The maximum Gasteiger partial charge on any atom is 0.266 e. The topological polar surface area (TPSA) is 113 Å². The number of nitro groups is 1. The molecule has 0 unspecified atom stereocenters. The van der Waals surface area contributed by atoms with E-state index in [0.717, 1.165) is 16.3 Å². The Labute approximate surface area is 146 Å². The molecule has 1 aromatic heterocycles. The first kappa shape index (κ1) is 16.7. The van der Waals surface area contributed by atoms with Crippen molar-refractivity contribution in [2.75, 3.05) is 12.0 Å². The molecule has 0 bridgehead atoms. The highest BCUT2D eigenvalue weighted by atomic mass is 32.1. The van der Waals surface area contributed by atoms with Gasteiger partial charge < -0.3 is 9.84 Å². The van der Waals surface area contributed by atoms with Gasteiger partial charge in [0.1, 0.15) is 5.75 Å². The number of aromatic nitrogens is 1. The Morgan fingerprint density at radius 2 is 2.20 bits per heavy atom. The lowest BCUT2D eigenvalue weighted by Gasteiger charge is -2.14. The van der Waals surface area contributed by atoms with Crippen molar-refractivity contribution in [2.45, 2.75) is 6.92 Å². The van der Waals surface area contributed by atoms with E-state index in [4.69, 9.17) is 4.74 Å². The van der Waals surface area contributed by atoms with Crippen LogP contribution < -0.4 is 15.3 Å². The van der Waals surface area contributed by atoms with E-state index in [9.17, 15) is 15.2 Å². The number of hydrogen-bond donors (Lipinski definition) is 1. The van der Waals surface area contributed by atoms with Crippen LogP contribution in [-0.2, 0) is 0 Å². The minimum Gasteiger partial charge on any atom is -0.865 e. The largest absolute Gasteiger partial charge is 0.865 e. The molecular weight excluding hydrogens is 344 g/mol. The molecule has 1 N–H and O–H groups in total. The SMILES string of the molecule is CCOc1cc(/C=N\Nc2nc3ccccc3s2)cc([N+](=O)[O-])c1[O-]. The number of fused-ring (bicyclic) bond motifs is 1. The van der Waals surface area contributed by atoms with E-state index in [1.807, 2.05) is 24.3 Å². The van der Waals surface area contributed by atoms with Gasteiger partial charge in [0.2, 0.25) is 5.13 Å². The van der Waals surface area contributed by atoms with Crippen LogP contribution in [0.2, 0.25) is 0 Å². The van der Waals surface area contributed by atoms with Crippen molar-refractivity contribution in [1.82, 2.24) is 4.98 Å². The van der Waals surface area contributed by atoms with Gasteiger partial charge in [0.15, 0.2) is 0 Å². The molecule has 2 aromatic carbocycles. The van der Waals surface area contributed by atoms with Gasteiger partial charge in [-0.2, -0.15) is 5.10 Å². The van der Waals surface area contributed by atoms with Crippen LogP contribution in [0.1, 0.15) is 12.5 Å². The molecule has 3 rings (SSSR count). The van der Waals surface area contributed by atoms with Crippen LogP contribution in [0.15, 0.2) is 41.5 Å². The van der Waals surface area contributed by atoms with Crippen LogP contribution in [0, 0.1) is 10.1 Å². The van der Waals surface area contributed by atoms with Crippen LogP contribution >= 0.6 is 11.3 Å². The molecule has 0 spiro atoms. The van der Waals surface area contributed by atoms with Crippen molar-refractivity contribution in [2.24, 2.45) is 5.10 Å². The summed E-state index contributed by atoms with van der Waals surface area (Å²) in [6.45, 7) is 1.93. The predicted octanol–water partition coefficient (Wildman–Crippen LogP) is 3.12. The summed E-state index contributed by atoms with van der Waals surface area (Å²) in [6, 6.07) is 10.2. The number of benzene rings is 2. The van der Waals surface area contributed by atoms with Gasteiger partial charge in [-0.1, -0.05) is 23.5 Å². The highest BCUT2D eigenvalue weighted by Gasteiger charge is 2.13. The molecular formula is C16H13N4O4S-. The third-order valence-electron chi connectivity index (χ3n) is 3.22. The van der Waals surface area contributed by atoms with Gasteiger partial charge >= 0.3 is 0 Å². The molecule has 0 saturated heterocycles. The Bertz CT molecular complexity index is 921. The van der Waals surface area contributed by atoms with Gasteiger partial charge in [-0.05, 0) is 25.1 Å². The predicted molar refractivity (Wildman–Crippen MR) is 94.5 cm³/mol. The molecule has 0 saturated carbocycles. The van der Waals surface area contributed by atoms with Crippen molar-refractivity contribution < 1.29 is 14.8 Å². The Morgan fingerprint density at radius 1 is 1.40 bits per heavy atom. The number of rotatable bonds is 6. The summed E-state index contributed by atoms with van der Waals surface area (Å²) in [7, 11) is 0. The molecule has 0 aliphatic carbocycles. The Morgan fingerprint density at radius 3 is 2.92 bits per heavy atom. The molecule has 0 atom stereocenters. The van der Waals surface area contributed by atoms with E-state index in [-0.39, 0.29) is 12.4 Å². The van der Waals surface area contributed by atoms with Crippen molar-refractivity contribution in [3.8, 4) is 11.5 Å². The Balaban J connectivity index is 1.83. The molecule has 8 nitrogen and oxygen atoms in total. The Kier molecular flexibility index (Phi) is 4.75. The summed E-state index contributed by atoms with van der Waals surface area (Å²) in [4.78, 5) is 14.6. The number of para-hydroxylation sites is 1. The second kappa shape index (κ2) is 7.14. The van der Waals surface area contributed by atoms with Crippen molar-refractivity contribution in [3.05, 3.63) is 52.1 Å². The first-order valence-electron chi connectivity index (χ1n) is 7.35. The first-order valence-corrected chi connectivity index (χ1v) is 8.17. The summed E-state index contributed by atoms with van der Waals surface area (Å²) in [5, 5.41) is 27.5. The van der Waals surface area contributed by atoms with Crippen LogP contribution in [0.5, 0.6) is 11.5 Å². The lowest BCUT2D eigenvalue weighted by molar-refractivity contribution is -0.398. The first-order chi connectivity index (χ1) is 12.1. The Hall–Kier alpha value is -3.20. The average molecular weight is 357 g/mol.